The van der Waals surface area contributed by atoms with Gasteiger partial charge in [0.15, 0.2) is 9.92 Å². The lowest BCUT2D eigenvalue weighted by atomic mass is 10.0. The number of anilines is 1. The molecule has 10 nitrogen and oxygen atoms in total. The molecule has 172 valence electrons. The van der Waals surface area contributed by atoms with Crippen LogP contribution in [0.25, 0.3) is 0 Å². The molecule has 3 N–H and O–H groups in total. The van der Waals surface area contributed by atoms with Crippen LogP contribution >= 0.6 is 0 Å². The normalized spacial score (nSPS) is 23.6. The first kappa shape index (κ1) is 21.4. The lowest BCUT2D eigenvalue weighted by Gasteiger charge is -2.32. The molecule has 0 aromatic carbocycles. The Morgan fingerprint density at radius 2 is 2.22 bits per heavy atom. The summed E-state index contributed by atoms with van der Waals surface area (Å²) in [5, 5.41) is 13.1. The summed E-state index contributed by atoms with van der Waals surface area (Å²) >= 11 is 0. The van der Waals surface area contributed by atoms with E-state index in [0.29, 0.717) is 12.5 Å². The fourth-order valence-corrected chi connectivity index (χ4v) is 5.46. The number of aryl methyl sites for hydroxylation is 1. The number of fused-ring (bicyclic) bond motifs is 2. The molecule has 0 radical (unpaired) electrons. The second-order valence-corrected chi connectivity index (χ2v) is 10.8. The number of nitrogens with two attached hydrogens (primary N) is 1. The van der Waals surface area contributed by atoms with Crippen LogP contribution in [0, 0.1) is 6.92 Å². The highest BCUT2D eigenvalue weighted by atomic mass is 32.2. The Bertz CT molecular complexity index is 1230. The molecule has 32 heavy (non-hydrogen) atoms. The first-order valence-corrected chi connectivity index (χ1v) is 12.4. The summed E-state index contributed by atoms with van der Waals surface area (Å²) in [5.74, 6) is 0.710. The van der Waals surface area contributed by atoms with E-state index in [4.69, 9.17) is 19.6 Å². The van der Waals surface area contributed by atoms with Gasteiger partial charge >= 0.3 is 6.03 Å². The maximum Gasteiger partial charge on any atom is 0.354 e. The number of pyridine rings is 1. The first-order valence-electron chi connectivity index (χ1n) is 10.8. The lowest BCUT2D eigenvalue weighted by molar-refractivity contribution is -0.0654. The van der Waals surface area contributed by atoms with E-state index in [0.717, 1.165) is 60.3 Å². The van der Waals surface area contributed by atoms with E-state index in [-0.39, 0.29) is 17.4 Å². The molecule has 5 rings (SSSR count). The standard InChI is InChI=1S/C21H28N6O4S/c1-12-17(13-7-8-13)24-15-6-4-5-14(15)18(12)25-20(28)26-32(22,29)16-9-23-27-10-21(2,30-3)11-31-19(16)27/h9,13H,4-8,10-11H2,1-3H3,(H3,22,24,25,26,28,29). The van der Waals surface area contributed by atoms with Gasteiger partial charge in [-0.05, 0) is 57.1 Å². The molecule has 2 aromatic heterocycles. The molecule has 3 aliphatic rings. The van der Waals surface area contributed by atoms with Crippen LogP contribution < -0.4 is 15.2 Å². The van der Waals surface area contributed by atoms with Crippen molar-refractivity contribution in [3.05, 3.63) is 28.7 Å². The number of ether oxygens (including phenoxy) is 2. The van der Waals surface area contributed by atoms with Gasteiger partial charge in [-0.2, -0.15) is 5.10 Å². The Morgan fingerprint density at radius 1 is 1.44 bits per heavy atom. The minimum Gasteiger partial charge on any atom is -0.474 e. The number of carbonyl (C=O) groups excluding carboxylic acids is 1. The maximum absolute atomic E-state index is 13.2. The molecule has 1 saturated carbocycles. The van der Waals surface area contributed by atoms with Crippen LogP contribution in [0.5, 0.6) is 5.88 Å². The quantitative estimate of drug-likeness (QED) is 0.720. The topological polar surface area (TPSA) is 134 Å². The zero-order valence-electron chi connectivity index (χ0n) is 18.5. The molecule has 1 aliphatic heterocycles. The summed E-state index contributed by atoms with van der Waals surface area (Å²) in [5.41, 5.74) is 4.28. The molecule has 2 unspecified atom stereocenters. The number of aromatic nitrogens is 3. The molecule has 3 heterocycles. The van der Waals surface area contributed by atoms with E-state index >= 15 is 0 Å². The summed E-state index contributed by atoms with van der Waals surface area (Å²) in [7, 11) is -1.97. The minimum absolute atomic E-state index is 0.0983. The van der Waals surface area contributed by atoms with Gasteiger partial charge in [0, 0.05) is 24.4 Å². The van der Waals surface area contributed by atoms with Crippen LogP contribution in [-0.4, -0.2) is 44.3 Å². The van der Waals surface area contributed by atoms with Crippen molar-refractivity contribution in [2.24, 2.45) is 9.50 Å². The number of hydrogen-bond donors (Lipinski definition) is 2. The summed E-state index contributed by atoms with van der Waals surface area (Å²) in [6.07, 6.45) is 6.35. The molecule has 0 saturated heterocycles. The predicted molar refractivity (Wildman–Crippen MR) is 118 cm³/mol. The molecular formula is C21H28N6O4S. The zero-order chi connectivity index (χ0) is 22.7. The third-order valence-corrected chi connectivity index (χ3v) is 7.83. The predicted octanol–water partition coefficient (Wildman–Crippen LogP) is 2.68. The van der Waals surface area contributed by atoms with Gasteiger partial charge in [-0.15, -0.1) is 4.36 Å². The molecule has 2 aliphatic carbocycles. The molecule has 0 spiro atoms. The number of urea groups is 1. The highest BCUT2D eigenvalue weighted by molar-refractivity contribution is 7.91. The third-order valence-electron chi connectivity index (χ3n) is 6.49. The fraction of sp³-hybridized carbons (Fsp3) is 0.571. The van der Waals surface area contributed by atoms with Crippen molar-refractivity contribution < 1.29 is 18.5 Å². The number of nitrogens with one attached hydrogen (secondary N) is 1. The number of rotatable bonds is 4. The van der Waals surface area contributed by atoms with E-state index in [9.17, 15) is 9.00 Å². The molecule has 11 heteroatoms. The van der Waals surface area contributed by atoms with Crippen molar-refractivity contribution in [1.82, 2.24) is 14.8 Å². The monoisotopic (exact) mass is 460 g/mol. The van der Waals surface area contributed by atoms with Gasteiger partial charge in [0.05, 0.1) is 18.4 Å². The van der Waals surface area contributed by atoms with Gasteiger partial charge in [0.25, 0.3) is 0 Å². The van der Waals surface area contributed by atoms with Crippen LogP contribution in [0.3, 0.4) is 0 Å². The Hall–Kier alpha value is -2.50. The third kappa shape index (κ3) is 3.67. The van der Waals surface area contributed by atoms with Crippen LogP contribution in [0.15, 0.2) is 15.5 Å². The molecule has 2 amide bonds. The summed E-state index contributed by atoms with van der Waals surface area (Å²) < 4.78 is 29.8. The van der Waals surface area contributed by atoms with Crippen LogP contribution in [0.4, 0.5) is 10.5 Å². The van der Waals surface area contributed by atoms with Gasteiger partial charge in [0.2, 0.25) is 5.88 Å². The van der Waals surface area contributed by atoms with E-state index in [1.54, 1.807) is 7.11 Å². The van der Waals surface area contributed by atoms with Crippen molar-refractivity contribution >= 4 is 21.6 Å². The van der Waals surface area contributed by atoms with Gasteiger partial charge in [-0.1, -0.05) is 0 Å². The van der Waals surface area contributed by atoms with Crippen molar-refractivity contribution in [3.8, 4) is 5.88 Å². The number of carbonyl (C=O) groups is 1. The summed E-state index contributed by atoms with van der Waals surface area (Å²) in [4.78, 5) is 17.8. The Morgan fingerprint density at radius 3 is 2.94 bits per heavy atom. The lowest BCUT2D eigenvalue weighted by Crippen LogP contribution is -2.43. The zero-order valence-corrected chi connectivity index (χ0v) is 19.3. The highest BCUT2D eigenvalue weighted by Gasteiger charge is 2.35. The van der Waals surface area contributed by atoms with Gasteiger partial charge in [-0.25, -0.2) is 18.8 Å². The minimum atomic E-state index is -3.56. The Balaban J connectivity index is 1.45. The smallest absolute Gasteiger partial charge is 0.354 e. The molecule has 1 fully saturated rings. The van der Waals surface area contributed by atoms with E-state index in [2.05, 4.69) is 14.8 Å². The van der Waals surface area contributed by atoms with Crippen molar-refractivity contribution in [3.63, 3.8) is 0 Å². The summed E-state index contributed by atoms with van der Waals surface area (Å²) in [6.45, 7) is 4.52. The van der Waals surface area contributed by atoms with Crippen molar-refractivity contribution in [1.29, 1.82) is 0 Å². The van der Waals surface area contributed by atoms with Gasteiger partial charge < -0.3 is 14.8 Å². The van der Waals surface area contributed by atoms with E-state index < -0.39 is 21.5 Å². The van der Waals surface area contributed by atoms with Gasteiger partial charge in [0.1, 0.15) is 17.1 Å². The largest absolute Gasteiger partial charge is 0.474 e. The molecule has 0 bridgehead atoms. The van der Waals surface area contributed by atoms with Crippen molar-refractivity contribution in [2.75, 3.05) is 19.0 Å². The number of nitrogens with zero attached hydrogens (tertiary/aromatic N) is 4. The molecule has 2 atom stereocenters. The fourth-order valence-electron chi connectivity index (χ4n) is 4.45. The first-order chi connectivity index (χ1) is 15.2. The van der Waals surface area contributed by atoms with Crippen molar-refractivity contribution in [2.45, 2.75) is 68.9 Å². The molecule has 2 aromatic rings. The Kier molecular flexibility index (Phi) is 5.02. The summed E-state index contributed by atoms with van der Waals surface area (Å²) in [6, 6.07) is -0.750. The average Bonchev–Trinajstić information content (AvgIpc) is 3.32. The second kappa shape index (κ2) is 7.53. The highest BCUT2D eigenvalue weighted by Crippen LogP contribution is 2.44. The number of methoxy groups -OCH3 is 1. The van der Waals surface area contributed by atoms with Crippen LogP contribution in [0.2, 0.25) is 0 Å². The second-order valence-electron chi connectivity index (χ2n) is 9.05. The van der Waals surface area contributed by atoms with Gasteiger partial charge in [-0.3, -0.25) is 4.98 Å². The average molecular weight is 461 g/mol. The SMILES string of the molecule is COC1(C)COc2c(S(N)(=O)=NC(=O)Nc3c(C)c(C4CC4)nc4c3CCC4)cnn2C1. The van der Waals surface area contributed by atoms with Crippen LogP contribution in [0.1, 0.15) is 54.6 Å². The molecular weight excluding hydrogens is 432 g/mol. The Labute approximate surface area is 187 Å². The van der Waals surface area contributed by atoms with Crippen LogP contribution in [-0.2, 0) is 34.0 Å². The van der Waals surface area contributed by atoms with E-state index in [1.165, 1.54) is 10.9 Å². The maximum atomic E-state index is 13.2. The number of hydrogen-bond acceptors (Lipinski definition) is 6. The van der Waals surface area contributed by atoms with E-state index in [1.807, 2.05) is 13.8 Å². The number of amides is 2.